The molecule has 5 heteroatoms. The minimum Gasteiger partial charge on any atom is -0.493 e. The predicted octanol–water partition coefficient (Wildman–Crippen LogP) is 6.10. The Kier molecular flexibility index (Phi) is 6.35. The first-order valence-electron chi connectivity index (χ1n) is 8.60. The van der Waals surface area contributed by atoms with Crippen LogP contribution in [0.3, 0.4) is 0 Å². The largest absolute Gasteiger partial charge is 0.493 e. The maximum atomic E-state index is 13.8. The molecule has 0 aliphatic rings. The van der Waals surface area contributed by atoms with Crippen LogP contribution in [0.4, 0.5) is 10.1 Å². The predicted molar refractivity (Wildman–Crippen MR) is 110 cm³/mol. The van der Waals surface area contributed by atoms with Gasteiger partial charge in [0.05, 0.1) is 11.6 Å². The normalized spacial score (nSPS) is 10.5. The van der Waals surface area contributed by atoms with Crippen molar-refractivity contribution in [1.82, 2.24) is 0 Å². The van der Waals surface area contributed by atoms with Crippen molar-refractivity contribution in [3.05, 3.63) is 87.6 Å². The van der Waals surface area contributed by atoms with E-state index in [1.807, 2.05) is 24.3 Å². The maximum Gasteiger partial charge on any atom is 0.175 e. The highest BCUT2D eigenvalue weighted by Gasteiger charge is 2.13. The van der Waals surface area contributed by atoms with E-state index in [1.165, 1.54) is 11.6 Å². The molecule has 0 atom stereocenters. The van der Waals surface area contributed by atoms with Crippen LogP contribution in [0.25, 0.3) is 0 Å². The molecule has 0 saturated carbocycles. The average molecular weight is 430 g/mol. The number of methoxy groups -OCH3 is 1. The molecule has 3 rings (SSSR count). The highest BCUT2D eigenvalue weighted by molar-refractivity contribution is 9.10. The zero-order valence-corrected chi connectivity index (χ0v) is 16.8. The lowest BCUT2D eigenvalue weighted by Crippen LogP contribution is -2.03. The molecule has 0 radical (unpaired) electrons. The lowest BCUT2D eigenvalue weighted by molar-refractivity contribution is 0.277. The van der Waals surface area contributed by atoms with Gasteiger partial charge in [-0.15, -0.1) is 0 Å². The number of nitrogens with one attached hydrogen (secondary N) is 1. The SMILES string of the molecule is COc1cc(CNc2ccc(C)cc2)cc(Br)c1OCc1ccccc1F. The molecule has 1 N–H and O–H groups in total. The molecule has 0 saturated heterocycles. The van der Waals surface area contributed by atoms with Gasteiger partial charge in [-0.1, -0.05) is 35.9 Å². The minimum absolute atomic E-state index is 0.128. The van der Waals surface area contributed by atoms with Gasteiger partial charge in [0, 0.05) is 17.8 Å². The van der Waals surface area contributed by atoms with Gasteiger partial charge in [0.25, 0.3) is 0 Å². The number of aryl methyl sites for hydroxylation is 1. The van der Waals surface area contributed by atoms with Gasteiger partial charge in [-0.25, -0.2) is 4.39 Å². The highest BCUT2D eigenvalue weighted by atomic mass is 79.9. The fraction of sp³-hybridized carbons (Fsp3) is 0.182. The van der Waals surface area contributed by atoms with Crippen molar-refractivity contribution < 1.29 is 13.9 Å². The van der Waals surface area contributed by atoms with Gasteiger partial charge >= 0.3 is 0 Å². The quantitative estimate of drug-likeness (QED) is 0.492. The molecule has 0 spiro atoms. The van der Waals surface area contributed by atoms with E-state index in [2.05, 4.69) is 40.3 Å². The summed E-state index contributed by atoms with van der Waals surface area (Å²) in [6.07, 6.45) is 0. The summed E-state index contributed by atoms with van der Waals surface area (Å²) in [5.41, 5.74) is 3.81. The van der Waals surface area contributed by atoms with E-state index < -0.39 is 0 Å². The fourth-order valence-corrected chi connectivity index (χ4v) is 3.26. The summed E-state index contributed by atoms with van der Waals surface area (Å²) in [6.45, 7) is 2.83. The lowest BCUT2D eigenvalue weighted by atomic mass is 10.1. The Labute approximate surface area is 167 Å². The Balaban J connectivity index is 1.72. The van der Waals surface area contributed by atoms with E-state index in [0.29, 0.717) is 23.6 Å². The smallest absolute Gasteiger partial charge is 0.175 e. The molecule has 0 heterocycles. The number of hydrogen-bond acceptors (Lipinski definition) is 3. The van der Waals surface area contributed by atoms with Crippen LogP contribution >= 0.6 is 15.9 Å². The summed E-state index contributed by atoms with van der Waals surface area (Å²) in [7, 11) is 1.59. The molecule has 0 aromatic heterocycles. The number of anilines is 1. The van der Waals surface area contributed by atoms with E-state index in [1.54, 1.807) is 25.3 Å². The van der Waals surface area contributed by atoms with E-state index in [9.17, 15) is 4.39 Å². The van der Waals surface area contributed by atoms with Gasteiger partial charge in [0.1, 0.15) is 12.4 Å². The van der Waals surface area contributed by atoms with Gasteiger partial charge in [-0.3, -0.25) is 0 Å². The number of benzene rings is 3. The first-order chi connectivity index (χ1) is 13.1. The van der Waals surface area contributed by atoms with Crippen LogP contribution in [0.5, 0.6) is 11.5 Å². The lowest BCUT2D eigenvalue weighted by Gasteiger charge is -2.15. The fourth-order valence-electron chi connectivity index (χ4n) is 2.66. The molecule has 0 amide bonds. The van der Waals surface area contributed by atoms with Gasteiger partial charge in [0.15, 0.2) is 11.5 Å². The van der Waals surface area contributed by atoms with Gasteiger partial charge in [-0.2, -0.15) is 0 Å². The Hall–Kier alpha value is -2.53. The van der Waals surface area contributed by atoms with Crippen LogP contribution in [0.2, 0.25) is 0 Å². The van der Waals surface area contributed by atoms with Gasteiger partial charge in [0.2, 0.25) is 0 Å². The Morgan fingerprint density at radius 3 is 2.48 bits per heavy atom. The third-order valence-corrected chi connectivity index (χ3v) is 4.76. The molecule has 0 aliphatic heterocycles. The zero-order chi connectivity index (χ0) is 19.2. The Morgan fingerprint density at radius 2 is 1.78 bits per heavy atom. The van der Waals surface area contributed by atoms with E-state index >= 15 is 0 Å². The summed E-state index contributed by atoms with van der Waals surface area (Å²) in [6, 6.07) is 18.7. The van der Waals surface area contributed by atoms with E-state index in [4.69, 9.17) is 9.47 Å². The van der Waals surface area contributed by atoms with E-state index in [-0.39, 0.29) is 12.4 Å². The molecule has 0 aliphatic carbocycles. The molecule has 27 heavy (non-hydrogen) atoms. The molecular weight excluding hydrogens is 409 g/mol. The van der Waals surface area contributed by atoms with Crippen molar-refractivity contribution in [2.24, 2.45) is 0 Å². The molecule has 3 nitrogen and oxygen atoms in total. The molecule has 3 aromatic carbocycles. The summed E-state index contributed by atoms with van der Waals surface area (Å²) in [5.74, 6) is 0.868. The van der Waals surface area contributed by atoms with Crippen molar-refractivity contribution in [2.45, 2.75) is 20.1 Å². The number of halogens is 2. The van der Waals surface area contributed by atoms with Crippen LogP contribution in [0, 0.1) is 12.7 Å². The molecular formula is C22H21BrFNO2. The van der Waals surface area contributed by atoms with Crippen LogP contribution < -0.4 is 14.8 Å². The first kappa shape index (κ1) is 19.2. The van der Waals surface area contributed by atoms with Crippen molar-refractivity contribution in [1.29, 1.82) is 0 Å². The topological polar surface area (TPSA) is 30.5 Å². The number of rotatable bonds is 7. The van der Waals surface area contributed by atoms with Crippen molar-refractivity contribution in [2.75, 3.05) is 12.4 Å². The maximum absolute atomic E-state index is 13.8. The van der Waals surface area contributed by atoms with E-state index in [0.717, 1.165) is 15.7 Å². The molecule has 0 bridgehead atoms. The summed E-state index contributed by atoms with van der Waals surface area (Å²) in [4.78, 5) is 0. The minimum atomic E-state index is -0.286. The third kappa shape index (κ3) is 5.01. The van der Waals surface area contributed by atoms with Crippen molar-refractivity contribution in [3.8, 4) is 11.5 Å². The third-order valence-electron chi connectivity index (χ3n) is 4.17. The molecule has 0 unspecified atom stereocenters. The van der Waals surface area contributed by atoms with Crippen LogP contribution in [-0.2, 0) is 13.2 Å². The number of ether oxygens (including phenoxy) is 2. The second-order valence-corrected chi connectivity index (χ2v) is 7.06. The highest BCUT2D eigenvalue weighted by Crippen LogP contribution is 2.37. The standard InChI is InChI=1S/C22H21BrFNO2/c1-15-7-9-18(10-8-15)25-13-16-11-19(23)22(21(12-16)26-2)27-14-17-5-3-4-6-20(17)24/h3-12,25H,13-14H2,1-2H3. The van der Waals surface area contributed by atoms with Crippen LogP contribution in [-0.4, -0.2) is 7.11 Å². The summed E-state index contributed by atoms with van der Waals surface area (Å²) >= 11 is 3.54. The molecule has 0 fully saturated rings. The van der Waals surface area contributed by atoms with Crippen LogP contribution in [0.15, 0.2) is 65.1 Å². The van der Waals surface area contributed by atoms with Gasteiger partial charge < -0.3 is 14.8 Å². The number of hydrogen-bond donors (Lipinski definition) is 1. The Bertz CT molecular complexity index is 913. The first-order valence-corrected chi connectivity index (χ1v) is 9.39. The summed E-state index contributed by atoms with van der Waals surface area (Å²) in [5, 5.41) is 3.38. The second kappa shape index (κ2) is 8.91. The van der Waals surface area contributed by atoms with Crippen molar-refractivity contribution in [3.63, 3.8) is 0 Å². The van der Waals surface area contributed by atoms with Crippen LogP contribution in [0.1, 0.15) is 16.7 Å². The van der Waals surface area contributed by atoms with Gasteiger partial charge in [-0.05, 0) is 58.7 Å². The molecule has 3 aromatic rings. The zero-order valence-electron chi connectivity index (χ0n) is 15.3. The monoisotopic (exact) mass is 429 g/mol. The van der Waals surface area contributed by atoms with Crippen molar-refractivity contribution >= 4 is 21.6 Å². The Morgan fingerprint density at radius 1 is 1.04 bits per heavy atom. The molecule has 140 valence electrons. The second-order valence-electron chi connectivity index (χ2n) is 6.21. The average Bonchev–Trinajstić information content (AvgIpc) is 2.67. The summed E-state index contributed by atoms with van der Waals surface area (Å²) < 4.78 is 25.9.